The van der Waals surface area contributed by atoms with Gasteiger partial charge in [-0.05, 0) is 24.5 Å². The molecular formula is C16H19Cl2N3O4S2. The number of rotatable bonds is 5. The fraction of sp³-hybridized carbons (Fsp3) is 0.438. The Morgan fingerprint density at radius 2 is 2.07 bits per heavy atom. The van der Waals surface area contributed by atoms with Crippen molar-refractivity contribution in [3.63, 3.8) is 0 Å². The second-order valence-electron chi connectivity index (χ2n) is 6.32. The highest BCUT2D eigenvalue weighted by atomic mass is 35.5. The number of ether oxygens (including phenoxy) is 1. The number of halogens is 2. The number of thioether (sulfide) groups is 1. The maximum Gasteiger partial charge on any atom is 0.248 e. The molecule has 1 amide bonds. The average molecular weight is 452 g/mol. The Morgan fingerprint density at radius 1 is 1.33 bits per heavy atom. The van der Waals surface area contributed by atoms with Gasteiger partial charge in [0.15, 0.2) is 0 Å². The van der Waals surface area contributed by atoms with Crippen LogP contribution in [0.15, 0.2) is 28.6 Å². The molecule has 7 nitrogen and oxygen atoms in total. The first-order valence-corrected chi connectivity index (χ1v) is 11.3. The minimum Gasteiger partial charge on any atom is -0.370 e. The predicted molar refractivity (Wildman–Crippen MR) is 106 cm³/mol. The van der Waals surface area contributed by atoms with Crippen LogP contribution in [-0.4, -0.2) is 57.0 Å². The van der Waals surface area contributed by atoms with Crippen molar-refractivity contribution in [3.8, 4) is 0 Å². The van der Waals surface area contributed by atoms with Crippen molar-refractivity contribution < 1.29 is 17.9 Å². The third-order valence-corrected chi connectivity index (χ3v) is 7.38. The lowest BCUT2D eigenvalue weighted by atomic mass is 10.1. The molecule has 27 heavy (non-hydrogen) atoms. The summed E-state index contributed by atoms with van der Waals surface area (Å²) in [6.07, 6.45) is 1.86. The van der Waals surface area contributed by atoms with Gasteiger partial charge in [-0.1, -0.05) is 35.0 Å². The van der Waals surface area contributed by atoms with E-state index in [1.54, 1.807) is 11.0 Å². The van der Waals surface area contributed by atoms with Crippen molar-refractivity contribution in [3.05, 3.63) is 39.3 Å². The monoisotopic (exact) mass is 451 g/mol. The topological polar surface area (TPSA) is 92.9 Å². The van der Waals surface area contributed by atoms with Crippen molar-refractivity contribution >= 4 is 50.9 Å². The number of benzene rings is 1. The van der Waals surface area contributed by atoms with Gasteiger partial charge in [-0.25, -0.2) is 13.6 Å². The normalized spacial score (nSPS) is 23.3. The molecule has 3 rings (SSSR count). The summed E-state index contributed by atoms with van der Waals surface area (Å²) < 4.78 is 29.5. The first-order chi connectivity index (χ1) is 12.6. The number of primary sulfonamides is 1. The van der Waals surface area contributed by atoms with Crippen LogP contribution in [0.1, 0.15) is 12.5 Å². The standard InChI is InChI=1S/C16H19Cl2N3O4S2/c1-16(12-8-11(17)9-13(18)15(12)27(19,23)24)21(5-7-26-16)3-2-20-4-6-25-10-14(20)22/h5,7-9H,2-4,6,10H2,1H3,(H2,19,23,24). The van der Waals surface area contributed by atoms with Gasteiger partial charge in [0.05, 0.1) is 11.6 Å². The Morgan fingerprint density at radius 3 is 2.74 bits per heavy atom. The van der Waals surface area contributed by atoms with Gasteiger partial charge in [0.2, 0.25) is 15.9 Å². The summed E-state index contributed by atoms with van der Waals surface area (Å²) in [5.74, 6) is -0.0604. The van der Waals surface area contributed by atoms with Gasteiger partial charge in [-0.2, -0.15) is 0 Å². The number of amides is 1. The lowest BCUT2D eigenvalue weighted by molar-refractivity contribution is -0.142. The minimum atomic E-state index is -4.06. The van der Waals surface area contributed by atoms with E-state index in [1.807, 2.05) is 23.4 Å². The van der Waals surface area contributed by atoms with Gasteiger partial charge < -0.3 is 14.5 Å². The van der Waals surface area contributed by atoms with Crippen molar-refractivity contribution in [1.29, 1.82) is 0 Å². The molecule has 0 aliphatic carbocycles. The number of morpholine rings is 1. The molecule has 0 aromatic heterocycles. The summed E-state index contributed by atoms with van der Waals surface area (Å²) in [7, 11) is -4.06. The van der Waals surface area contributed by atoms with Crippen LogP contribution in [-0.2, 0) is 24.4 Å². The highest BCUT2D eigenvalue weighted by molar-refractivity contribution is 8.03. The Balaban J connectivity index is 1.92. The second-order valence-corrected chi connectivity index (χ2v) is 9.97. The minimum absolute atomic E-state index is 0.0166. The Bertz CT molecular complexity index is 894. The van der Waals surface area contributed by atoms with E-state index in [4.69, 9.17) is 33.1 Å². The molecular weight excluding hydrogens is 433 g/mol. The molecule has 0 saturated carbocycles. The molecule has 1 aromatic carbocycles. The molecule has 2 aliphatic rings. The summed E-state index contributed by atoms with van der Waals surface area (Å²) >= 11 is 13.7. The Hall–Kier alpha value is -0.970. The van der Waals surface area contributed by atoms with Crippen LogP contribution < -0.4 is 5.14 Å². The maximum absolute atomic E-state index is 12.2. The molecule has 148 valence electrons. The van der Waals surface area contributed by atoms with Crippen LogP contribution in [0.25, 0.3) is 0 Å². The van der Waals surface area contributed by atoms with Gasteiger partial charge in [0.25, 0.3) is 0 Å². The van der Waals surface area contributed by atoms with E-state index in [9.17, 15) is 13.2 Å². The number of carbonyl (C=O) groups is 1. The maximum atomic E-state index is 12.2. The summed E-state index contributed by atoms with van der Waals surface area (Å²) in [4.78, 5) is 14.7. The van der Waals surface area contributed by atoms with Crippen molar-refractivity contribution in [2.75, 3.05) is 32.8 Å². The largest absolute Gasteiger partial charge is 0.370 e. The van der Waals surface area contributed by atoms with Crippen LogP contribution in [0.3, 0.4) is 0 Å². The molecule has 1 fully saturated rings. The lowest BCUT2D eigenvalue weighted by Gasteiger charge is -2.38. The van der Waals surface area contributed by atoms with Gasteiger partial charge in [-0.3, -0.25) is 4.79 Å². The number of nitrogens with two attached hydrogens (primary N) is 1. The second kappa shape index (κ2) is 7.81. The average Bonchev–Trinajstić information content (AvgIpc) is 2.94. The summed E-state index contributed by atoms with van der Waals surface area (Å²) in [5.41, 5.74) is 0.408. The van der Waals surface area contributed by atoms with Crippen molar-refractivity contribution in [1.82, 2.24) is 9.80 Å². The number of carbonyl (C=O) groups excluding carboxylic acids is 1. The van der Waals surface area contributed by atoms with E-state index in [2.05, 4.69) is 0 Å². The van der Waals surface area contributed by atoms with Crippen molar-refractivity contribution in [2.45, 2.75) is 16.7 Å². The van der Waals surface area contributed by atoms with Gasteiger partial charge in [0.1, 0.15) is 16.4 Å². The van der Waals surface area contributed by atoms with Crippen LogP contribution in [0, 0.1) is 0 Å². The molecule has 11 heteroatoms. The van der Waals surface area contributed by atoms with Crippen LogP contribution in [0.2, 0.25) is 10.0 Å². The first kappa shape index (κ1) is 20.8. The van der Waals surface area contributed by atoms with E-state index >= 15 is 0 Å². The van der Waals surface area contributed by atoms with Crippen LogP contribution in [0.5, 0.6) is 0 Å². The molecule has 0 spiro atoms. The zero-order valence-corrected chi connectivity index (χ0v) is 17.7. The van der Waals surface area contributed by atoms with E-state index in [0.717, 1.165) is 0 Å². The molecule has 1 saturated heterocycles. The fourth-order valence-electron chi connectivity index (χ4n) is 3.16. The zero-order valence-electron chi connectivity index (χ0n) is 14.5. The van der Waals surface area contributed by atoms with E-state index in [-0.39, 0.29) is 22.4 Å². The van der Waals surface area contributed by atoms with Crippen LogP contribution in [0.4, 0.5) is 0 Å². The molecule has 1 aromatic rings. The number of hydrogen-bond acceptors (Lipinski definition) is 6. The quantitative estimate of drug-likeness (QED) is 0.737. The number of nitrogens with zero attached hydrogens (tertiary/aromatic N) is 2. The summed E-state index contributed by atoms with van der Waals surface area (Å²) in [6, 6.07) is 2.93. The number of hydrogen-bond donors (Lipinski definition) is 1. The van der Waals surface area contributed by atoms with E-state index < -0.39 is 14.9 Å². The number of sulfonamides is 1. The fourth-order valence-corrected chi connectivity index (χ4v) is 5.99. The lowest BCUT2D eigenvalue weighted by Crippen LogP contribution is -2.47. The molecule has 1 atom stereocenters. The van der Waals surface area contributed by atoms with Gasteiger partial charge in [0, 0.05) is 36.4 Å². The summed E-state index contributed by atoms with van der Waals surface area (Å²) in [5, 5.41) is 7.59. The molecule has 2 heterocycles. The van der Waals surface area contributed by atoms with E-state index in [0.29, 0.717) is 36.8 Å². The van der Waals surface area contributed by atoms with E-state index in [1.165, 1.54) is 17.8 Å². The summed E-state index contributed by atoms with van der Waals surface area (Å²) in [6.45, 7) is 3.98. The first-order valence-electron chi connectivity index (χ1n) is 8.12. The Kier molecular flexibility index (Phi) is 6.00. The SMILES string of the molecule is CC1(c2cc(Cl)cc(Cl)c2S(N)(=O)=O)SC=CN1CCN1CCOCC1=O. The predicted octanol–water partition coefficient (Wildman–Crippen LogP) is 2.19. The van der Waals surface area contributed by atoms with Gasteiger partial charge >= 0.3 is 0 Å². The van der Waals surface area contributed by atoms with Crippen LogP contribution >= 0.6 is 35.0 Å². The molecule has 1 unspecified atom stereocenters. The molecule has 0 bridgehead atoms. The molecule has 2 aliphatic heterocycles. The molecule has 2 N–H and O–H groups in total. The molecule has 0 radical (unpaired) electrons. The van der Waals surface area contributed by atoms with Gasteiger partial charge in [-0.15, -0.1) is 0 Å². The van der Waals surface area contributed by atoms with Crippen molar-refractivity contribution in [2.24, 2.45) is 5.14 Å². The zero-order chi connectivity index (χ0) is 19.8. The highest BCUT2D eigenvalue weighted by Crippen LogP contribution is 2.48. The Labute approximate surface area is 172 Å². The third kappa shape index (κ3) is 4.23. The highest BCUT2D eigenvalue weighted by Gasteiger charge is 2.40. The third-order valence-electron chi connectivity index (χ3n) is 4.57. The smallest absolute Gasteiger partial charge is 0.248 e.